The van der Waals surface area contributed by atoms with Crippen LogP contribution in [-0.2, 0) is 9.31 Å². The van der Waals surface area contributed by atoms with Gasteiger partial charge in [-0.3, -0.25) is 4.98 Å². The molecule has 2 aromatic heterocycles. The van der Waals surface area contributed by atoms with Crippen molar-refractivity contribution in [3.63, 3.8) is 0 Å². The molecule has 3 heterocycles. The molecule has 1 aliphatic rings. The van der Waals surface area contributed by atoms with E-state index in [-0.39, 0.29) is 18.3 Å². The summed E-state index contributed by atoms with van der Waals surface area (Å²) < 4.78 is 12.2. The summed E-state index contributed by atoms with van der Waals surface area (Å²) in [7, 11) is -0.332. The average molecular weight is 287 g/mol. The first-order valence-electron chi connectivity index (χ1n) is 6.74. The van der Waals surface area contributed by atoms with Crippen LogP contribution < -0.4 is 5.46 Å². The molecule has 0 spiro atoms. The van der Waals surface area contributed by atoms with Crippen LogP contribution in [-0.4, -0.2) is 23.3 Å². The normalized spacial score (nSPS) is 20.3. The second kappa shape index (κ2) is 4.69. The highest BCUT2D eigenvalue weighted by atomic mass is 32.1. The Kier molecular flexibility index (Phi) is 3.24. The van der Waals surface area contributed by atoms with Gasteiger partial charge in [0.25, 0.3) is 0 Å². The van der Waals surface area contributed by atoms with E-state index in [1.54, 1.807) is 11.3 Å². The molecule has 0 saturated carbocycles. The fraction of sp³-hybridized carbons (Fsp3) is 0.400. The van der Waals surface area contributed by atoms with Gasteiger partial charge in [-0.2, -0.15) is 0 Å². The molecule has 0 radical (unpaired) electrons. The molecule has 0 amide bonds. The zero-order valence-corrected chi connectivity index (χ0v) is 13.0. The Morgan fingerprint density at radius 2 is 1.80 bits per heavy atom. The Balaban J connectivity index is 1.91. The van der Waals surface area contributed by atoms with Crippen LogP contribution in [0.4, 0.5) is 0 Å². The number of rotatable bonds is 2. The third-order valence-electron chi connectivity index (χ3n) is 4.08. The van der Waals surface area contributed by atoms with Crippen LogP contribution in [0.2, 0.25) is 0 Å². The SMILES string of the molecule is CC1(C)OB(c2ccnc(-c3cccs3)c2)OC1(C)C. The van der Waals surface area contributed by atoms with E-state index in [1.165, 1.54) is 0 Å². The Labute approximate surface area is 124 Å². The van der Waals surface area contributed by atoms with E-state index in [9.17, 15) is 0 Å². The van der Waals surface area contributed by atoms with Crippen LogP contribution in [0.3, 0.4) is 0 Å². The lowest BCUT2D eigenvalue weighted by molar-refractivity contribution is 0.00578. The molecule has 0 aliphatic carbocycles. The molecular weight excluding hydrogens is 269 g/mol. The van der Waals surface area contributed by atoms with Gasteiger partial charge in [0.05, 0.1) is 21.8 Å². The molecule has 0 N–H and O–H groups in total. The van der Waals surface area contributed by atoms with Crippen molar-refractivity contribution in [3.05, 3.63) is 35.8 Å². The summed E-state index contributed by atoms with van der Waals surface area (Å²) in [6, 6.07) is 8.11. The Hall–Kier alpha value is -1.17. The number of aromatic nitrogens is 1. The van der Waals surface area contributed by atoms with Gasteiger partial charge in [-0.1, -0.05) is 6.07 Å². The zero-order valence-electron chi connectivity index (χ0n) is 12.2. The van der Waals surface area contributed by atoms with Crippen LogP contribution in [0.25, 0.3) is 10.6 Å². The highest BCUT2D eigenvalue weighted by Crippen LogP contribution is 2.36. The lowest BCUT2D eigenvalue weighted by Crippen LogP contribution is -2.41. The number of nitrogens with zero attached hydrogens (tertiary/aromatic N) is 1. The molecule has 104 valence electrons. The van der Waals surface area contributed by atoms with Gasteiger partial charge < -0.3 is 9.31 Å². The number of pyridine rings is 1. The molecule has 3 rings (SSSR count). The Bertz CT molecular complexity index is 594. The first kappa shape index (κ1) is 13.8. The third-order valence-corrected chi connectivity index (χ3v) is 4.98. The van der Waals surface area contributed by atoms with Crippen molar-refractivity contribution in [3.8, 4) is 10.6 Å². The van der Waals surface area contributed by atoms with Crippen LogP contribution in [0, 0.1) is 0 Å². The molecule has 0 unspecified atom stereocenters. The molecule has 0 atom stereocenters. The minimum atomic E-state index is -0.332. The van der Waals surface area contributed by atoms with E-state index < -0.39 is 0 Å². The molecule has 2 aromatic rings. The lowest BCUT2D eigenvalue weighted by atomic mass is 9.79. The molecule has 1 aliphatic heterocycles. The van der Waals surface area contributed by atoms with E-state index >= 15 is 0 Å². The van der Waals surface area contributed by atoms with Crippen LogP contribution >= 0.6 is 11.3 Å². The first-order chi connectivity index (χ1) is 9.39. The summed E-state index contributed by atoms with van der Waals surface area (Å²) >= 11 is 1.68. The number of hydrogen-bond donors (Lipinski definition) is 0. The number of hydrogen-bond acceptors (Lipinski definition) is 4. The van der Waals surface area contributed by atoms with Crippen molar-refractivity contribution in [2.24, 2.45) is 0 Å². The Morgan fingerprint density at radius 1 is 1.10 bits per heavy atom. The minimum absolute atomic E-state index is 0.315. The van der Waals surface area contributed by atoms with Crippen molar-refractivity contribution >= 4 is 23.9 Å². The first-order valence-corrected chi connectivity index (χ1v) is 7.62. The van der Waals surface area contributed by atoms with Gasteiger partial charge in [0.1, 0.15) is 0 Å². The standard InChI is InChI=1S/C15H18BNO2S/c1-14(2)15(3,4)19-16(18-14)11-7-8-17-12(10-11)13-6-5-9-20-13/h5-10H,1-4H3. The van der Waals surface area contributed by atoms with Crippen molar-refractivity contribution in [1.82, 2.24) is 4.98 Å². The van der Waals surface area contributed by atoms with Crippen LogP contribution in [0.5, 0.6) is 0 Å². The molecule has 0 bridgehead atoms. The van der Waals surface area contributed by atoms with Crippen molar-refractivity contribution in [1.29, 1.82) is 0 Å². The summed E-state index contributed by atoms with van der Waals surface area (Å²) in [4.78, 5) is 5.58. The predicted molar refractivity (Wildman–Crippen MR) is 83.3 cm³/mol. The van der Waals surface area contributed by atoms with Crippen LogP contribution in [0.1, 0.15) is 27.7 Å². The summed E-state index contributed by atoms with van der Waals surface area (Å²) in [5, 5.41) is 2.05. The molecular formula is C15H18BNO2S. The second-order valence-electron chi connectivity index (χ2n) is 6.04. The lowest BCUT2D eigenvalue weighted by Gasteiger charge is -2.32. The maximum absolute atomic E-state index is 6.08. The van der Waals surface area contributed by atoms with Crippen molar-refractivity contribution in [2.75, 3.05) is 0 Å². The van der Waals surface area contributed by atoms with Gasteiger partial charge in [0.2, 0.25) is 0 Å². The van der Waals surface area contributed by atoms with Gasteiger partial charge in [0.15, 0.2) is 0 Å². The second-order valence-corrected chi connectivity index (χ2v) is 6.99. The van der Waals surface area contributed by atoms with E-state index in [2.05, 4.69) is 44.1 Å². The molecule has 5 heteroatoms. The molecule has 0 aromatic carbocycles. The van der Waals surface area contributed by atoms with Gasteiger partial charge in [-0.15, -0.1) is 11.3 Å². The highest BCUT2D eigenvalue weighted by molar-refractivity contribution is 7.13. The van der Waals surface area contributed by atoms with Gasteiger partial charge in [-0.25, -0.2) is 0 Å². The molecule has 1 saturated heterocycles. The quantitative estimate of drug-likeness (QED) is 0.795. The average Bonchev–Trinajstić information content (AvgIpc) is 2.97. The van der Waals surface area contributed by atoms with Gasteiger partial charge in [0, 0.05) is 6.20 Å². The highest BCUT2D eigenvalue weighted by Gasteiger charge is 2.51. The van der Waals surface area contributed by atoms with Gasteiger partial charge >= 0.3 is 7.12 Å². The van der Waals surface area contributed by atoms with Gasteiger partial charge in [-0.05, 0) is 56.7 Å². The smallest absolute Gasteiger partial charge is 0.399 e. The van der Waals surface area contributed by atoms with E-state index in [0.29, 0.717) is 0 Å². The van der Waals surface area contributed by atoms with Crippen LogP contribution in [0.15, 0.2) is 35.8 Å². The summed E-state index contributed by atoms with van der Waals surface area (Å²) in [5.74, 6) is 0. The van der Waals surface area contributed by atoms with E-state index in [1.807, 2.05) is 24.4 Å². The van der Waals surface area contributed by atoms with E-state index in [4.69, 9.17) is 9.31 Å². The summed E-state index contributed by atoms with van der Waals surface area (Å²) in [6.45, 7) is 8.26. The fourth-order valence-electron chi connectivity index (χ4n) is 2.13. The van der Waals surface area contributed by atoms with Crippen molar-refractivity contribution in [2.45, 2.75) is 38.9 Å². The minimum Gasteiger partial charge on any atom is -0.399 e. The fourth-order valence-corrected chi connectivity index (χ4v) is 2.82. The predicted octanol–water partition coefficient (Wildman–Crippen LogP) is 3.11. The summed E-state index contributed by atoms with van der Waals surface area (Å²) in [6.07, 6.45) is 1.81. The number of thiophene rings is 1. The Morgan fingerprint density at radius 3 is 2.40 bits per heavy atom. The van der Waals surface area contributed by atoms with E-state index in [0.717, 1.165) is 16.0 Å². The third kappa shape index (κ3) is 2.30. The topological polar surface area (TPSA) is 31.4 Å². The monoisotopic (exact) mass is 287 g/mol. The maximum atomic E-state index is 6.08. The van der Waals surface area contributed by atoms with Crippen molar-refractivity contribution < 1.29 is 9.31 Å². The maximum Gasteiger partial charge on any atom is 0.494 e. The molecule has 1 fully saturated rings. The summed E-state index contributed by atoms with van der Waals surface area (Å²) in [5.41, 5.74) is 1.35. The molecule has 3 nitrogen and oxygen atoms in total. The zero-order chi connectivity index (χ0) is 14.4. The largest absolute Gasteiger partial charge is 0.494 e. The molecule has 20 heavy (non-hydrogen) atoms.